The zero-order chi connectivity index (χ0) is 15.2. The largest absolute Gasteiger partial charge is 0.379 e. The number of nitrogens with zero attached hydrogens (tertiary/aromatic N) is 1. The summed E-state index contributed by atoms with van der Waals surface area (Å²) in [5.74, 6) is 0.792. The first-order valence-corrected chi connectivity index (χ1v) is 7.73. The fourth-order valence-electron chi connectivity index (χ4n) is 2.84. The number of nitro groups is 1. The highest BCUT2D eigenvalue weighted by atomic mass is 16.6. The molecule has 1 aliphatic carbocycles. The number of ether oxygens (including phenoxy) is 1. The standard InChI is InChI=1S/C16H24N2O3/c1-3-17-16-13(5-4-6-15(16)18(19)20)11-21-14-9-7-12(2)8-10-14/h4-6,12,14,17H,3,7-11H2,1-2H3. The number of hydrogen-bond donors (Lipinski definition) is 1. The lowest BCUT2D eigenvalue weighted by Crippen LogP contribution is -2.20. The Hall–Kier alpha value is -1.62. The molecule has 1 saturated carbocycles. The van der Waals surface area contributed by atoms with Crippen molar-refractivity contribution >= 4 is 11.4 Å². The third-order valence-electron chi connectivity index (χ3n) is 4.12. The first-order chi connectivity index (χ1) is 10.1. The van der Waals surface area contributed by atoms with Crippen LogP contribution in [0.5, 0.6) is 0 Å². The number of nitro benzene ring substituents is 1. The lowest BCUT2D eigenvalue weighted by molar-refractivity contribution is -0.384. The van der Waals surface area contributed by atoms with Crippen LogP contribution < -0.4 is 5.32 Å². The molecular formula is C16H24N2O3. The maximum Gasteiger partial charge on any atom is 0.292 e. The van der Waals surface area contributed by atoms with Gasteiger partial charge in [0.05, 0.1) is 17.6 Å². The van der Waals surface area contributed by atoms with E-state index in [0.717, 1.165) is 24.3 Å². The van der Waals surface area contributed by atoms with Gasteiger partial charge in [0, 0.05) is 18.2 Å². The molecular weight excluding hydrogens is 268 g/mol. The molecule has 0 amide bonds. The van der Waals surface area contributed by atoms with E-state index in [2.05, 4.69) is 12.2 Å². The monoisotopic (exact) mass is 292 g/mol. The van der Waals surface area contributed by atoms with Gasteiger partial charge in [0.2, 0.25) is 0 Å². The lowest BCUT2D eigenvalue weighted by atomic mass is 9.89. The van der Waals surface area contributed by atoms with E-state index in [1.165, 1.54) is 18.9 Å². The van der Waals surface area contributed by atoms with Gasteiger partial charge in [0.15, 0.2) is 0 Å². The molecule has 0 aliphatic heterocycles. The molecule has 5 heteroatoms. The normalized spacial score (nSPS) is 22.0. The minimum Gasteiger partial charge on any atom is -0.379 e. The van der Waals surface area contributed by atoms with Crippen molar-refractivity contribution in [1.29, 1.82) is 0 Å². The minimum atomic E-state index is -0.343. The molecule has 1 aromatic carbocycles. The van der Waals surface area contributed by atoms with Crippen LogP contribution in [-0.2, 0) is 11.3 Å². The van der Waals surface area contributed by atoms with Gasteiger partial charge in [-0.1, -0.05) is 19.1 Å². The third-order valence-corrected chi connectivity index (χ3v) is 4.12. The molecule has 0 radical (unpaired) electrons. The average Bonchev–Trinajstić information content (AvgIpc) is 2.47. The van der Waals surface area contributed by atoms with Gasteiger partial charge >= 0.3 is 0 Å². The second-order valence-electron chi connectivity index (χ2n) is 5.79. The Morgan fingerprint density at radius 1 is 1.33 bits per heavy atom. The van der Waals surface area contributed by atoms with Gasteiger partial charge < -0.3 is 10.1 Å². The Morgan fingerprint density at radius 3 is 2.67 bits per heavy atom. The van der Waals surface area contributed by atoms with Crippen molar-refractivity contribution in [3.63, 3.8) is 0 Å². The summed E-state index contributed by atoms with van der Waals surface area (Å²) in [7, 11) is 0. The summed E-state index contributed by atoms with van der Waals surface area (Å²) in [5, 5.41) is 14.2. The van der Waals surface area contributed by atoms with Gasteiger partial charge in [0.25, 0.3) is 5.69 Å². The molecule has 1 aliphatic rings. The third kappa shape index (κ3) is 4.17. The Morgan fingerprint density at radius 2 is 2.05 bits per heavy atom. The molecule has 1 N–H and O–H groups in total. The van der Waals surface area contributed by atoms with Gasteiger partial charge in [-0.25, -0.2) is 0 Å². The molecule has 0 spiro atoms. The van der Waals surface area contributed by atoms with Crippen LogP contribution >= 0.6 is 0 Å². The second-order valence-corrected chi connectivity index (χ2v) is 5.79. The van der Waals surface area contributed by atoms with Crippen LogP contribution in [0, 0.1) is 16.0 Å². The predicted octanol–water partition coefficient (Wildman–Crippen LogP) is 4.12. The Kier molecular flexibility index (Phi) is 5.56. The maximum absolute atomic E-state index is 11.1. The Labute approximate surface area is 125 Å². The second kappa shape index (κ2) is 7.41. The summed E-state index contributed by atoms with van der Waals surface area (Å²) in [6, 6.07) is 5.15. The zero-order valence-corrected chi connectivity index (χ0v) is 12.8. The van der Waals surface area contributed by atoms with Crippen molar-refractivity contribution in [3.8, 4) is 0 Å². The highest BCUT2D eigenvalue weighted by molar-refractivity contribution is 5.66. The minimum absolute atomic E-state index is 0.121. The molecule has 0 atom stereocenters. The fraction of sp³-hybridized carbons (Fsp3) is 0.625. The van der Waals surface area contributed by atoms with Crippen LogP contribution in [0.1, 0.15) is 45.1 Å². The molecule has 5 nitrogen and oxygen atoms in total. The van der Waals surface area contributed by atoms with Crippen LogP contribution in [0.4, 0.5) is 11.4 Å². The summed E-state index contributed by atoms with van der Waals surface area (Å²) in [5.41, 5.74) is 1.58. The summed E-state index contributed by atoms with van der Waals surface area (Å²) >= 11 is 0. The number of para-hydroxylation sites is 1. The van der Waals surface area contributed by atoms with Crippen molar-refractivity contribution in [2.24, 2.45) is 5.92 Å². The number of hydrogen-bond acceptors (Lipinski definition) is 4. The SMILES string of the molecule is CCNc1c(COC2CCC(C)CC2)cccc1[N+](=O)[O-]. The van der Waals surface area contributed by atoms with E-state index >= 15 is 0 Å². The Bertz CT molecular complexity index is 482. The molecule has 0 bridgehead atoms. The predicted molar refractivity (Wildman–Crippen MR) is 83.5 cm³/mol. The highest BCUT2D eigenvalue weighted by Gasteiger charge is 2.21. The Balaban J connectivity index is 2.05. The van der Waals surface area contributed by atoms with Crippen molar-refractivity contribution in [2.45, 2.75) is 52.2 Å². The first kappa shape index (κ1) is 15.8. The molecule has 0 unspecified atom stereocenters. The molecule has 0 saturated heterocycles. The fourth-order valence-corrected chi connectivity index (χ4v) is 2.84. The molecule has 2 rings (SSSR count). The van der Waals surface area contributed by atoms with Gasteiger partial charge in [-0.2, -0.15) is 0 Å². The van der Waals surface area contributed by atoms with Gasteiger partial charge in [-0.3, -0.25) is 10.1 Å². The number of benzene rings is 1. The quantitative estimate of drug-likeness (QED) is 0.632. The summed E-state index contributed by atoms with van der Waals surface area (Å²) < 4.78 is 5.98. The van der Waals surface area contributed by atoms with Gasteiger partial charge in [-0.05, 0) is 38.5 Å². The smallest absolute Gasteiger partial charge is 0.292 e. The molecule has 1 aromatic rings. The van der Waals surface area contributed by atoms with E-state index in [9.17, 15) is 10.1 Å². The van der Waals surface area contributed by atoms with E-state index in [1.807, 2.05) is 13.0 Å². The molecule has 116 valence electrons. The van der Waals surface area contributed by atoms with Crippen molar-refractivity contribution in [2.75, 3.05) is 11.9 Å². The first-order valence-electron chi connectivity index (χ1n) is 7.73. The van der Waals surface area contributed by atoms with Crippen molar-refractivity contribution in [3.05, 3.63) is 33.9 Å². The van der Waals surface area contributed by atoms with E-state index < -0.39 is 0 Å². The van der Waals surface area contributed by atoms with Crippen molar-refractivity contribution in [1.82, 2.24) is 0 Å². The topological polar surface area (TPSA) is 64.4 Å². The lowest BCUT2D eigenvalue weighted by Gasteiger charge is -2.26. The van der Waals surface area contributed by atoms with E-state index in [1.54, 1.807) is 6.07 Å². The van der Waals surface area contributed by atoms with Gasteiger partial charge in [0.1, 0.15) is 5.69 Å². The summed E-state index contributed by atoms with van der Waals surface area (Å²) in [4.78, 5) is 10.8. The summed E-state index contributed by atoms with van der Waals surface area (Å²) in [6.07, 6.45) is 4.88. The summed E-state index contributed by atoms with van der Waals surface area (Å²) in [6.45, 7) is 5.30. The van der Waals surface area contributed by atoms with Crippen LogP contribution in [0.3, 0.4) is 0 Å². The van der Waals surface area contributed by atoms with E-state index in [-0.39, 0.29) is 16.7 Å². The average molecular weight is 292 g/mol. The zero-order valence-electron chi connectivity index (χ0n) is 12.8. The maximum atomic E-state index is 11.1. The molecule has 1 fully saturated rings. The number of rotatable bonds is 6. The molecule has 0 aromatic heterocycles. The molecule has 21 heavy (non-hydrogen) atoms. The van der Waals surface area contributed by atoms with Crippen molar-refractivity contribution < 1.29 is 9.66 Å². The van der Waals surface area contributed by atoms with Crippen LogP contribution in [0.25, 0.3) is 0 Å². The number of nitrogens with one attached hydrogen (secondary N) is 1. The van der Waals surface area contributed by atoms with Crippen LogP contribution in [0.15, 0.2) is 18.2 Å². The van der Waals surface area contributed by atoms with E-state index in [0.29, 0.717) is 18.8 Å². The van der Waals surface area contributed by atoms with Gasteiger partial charge in [-0.15, -0.1) is 0 Å². The van der Waals surface area contributed by atoms with E-state index in [4.69, 9.17) is 4.74 Å². The molecule has 0 heterocycles. The van der Waals surface area contributed by atoms with Crippen LogP contribution in [0.2, 0.25) is 0 Å². The highest BCUT2D eigenvalue weighted by Crippen LogP contribution is 2.31. The number of anilines is 1. The van der Waals surface area contributed by atoms with Crippen LogP contribution in [-0.4, -0.2) is 17.6 Å².